The van der Waals surface area contributed by atoms with Crippen LogP contribution in [0.15, 0.2) is 24.3 Å². The summed E-state index contributed by atoms with van der Waals surface area (Å²) in [5.41, 5.74) is 13.4. The number of nitrogens with zero attached hydrogens (tertiary/aromatic N) is 1. The van der Waals surface area contributed by atoms with Crippen LogP contribution in [0.2, 0.25) is 0 Å². The molecule has 0 aliphatic rings. The van der Waals surface area contributed by atoms with E-state index in [4.69, 9.17) is 11.5 Å². The third-order valence-corrected chi connectivity index (χ3v) is 2.34. The Bertz CT molecular complexity index is 273. The maximum absolute atomic E-state index is 5.86. The lowest BCUT2D eigenvalue weighted by Gasteiger charge is -2.20. The number of nitrogens with two attached hydrogens (primary N) is 2. The van der Waals surface area contributed by atoms with E-state index < -0.39 is 0 Å². The van der Waals surface area contributed by atoms with Crippen molar-refractivity contribution in [3.8, 4) is 0 Å². The molecule has 0 saturated heterocycles. The molecule has 0 aliphatic heterocycles. The van der Waals surface area contributed by atoms with Gasteiger partial charge < -0.3 is 11.5 Å². The molecule has 0 aromatic heterocycles. The molecule has 0 radical (unpaired) electrons. The van der Waals surface area contributed by atoms with Crippen molar-refractivity contribution in [3.63, 3.8) is 0 Å². The van der Waals surface area contributed by atoms with Gasteiger partial charge in [-0.1, -0.05) is 25.1 Å². The van der Waals surface area contributed by atoms with Gasteiger partial charge in [-0.25, -0.2) is 0 Å². The first kappa shape index (κ1) is 11.0. The Morgan fingerprint density at radius 2 is 2.00 bits per heavy atom. The van der Waals surface area contributed by atoms with Crippen molar-refractivity contribution in [1.82, 2.24) is 4.90 Å². The minimum Gasteiger partial charge on any atom is -0.398 e. The van der Waals surface area contributed by atoms with Gasteiger partial charge in [0.25, 0.3) is 0 Å². The van der Waals surface area contributed by atoms with Crippen molar-refractivity contribution in [2.24, 2.45) is 5.73 Å². The van der Waals surface area contributed by atoms with Crippen molar-refractivity contribution in [2.45, 2.75) is 13.5 Å². The lowest BCUT2D eigenvalue weighted by Crippen LogP contribution is -2.29. The van der Waals surface area contributed by atoms with Crippen LogP contribution in [-0.2, 0) is 6.54 Å². The molecule has 0 fully saturated rings. The fourth-order valence-corrected chi connectivity index (χ4v) is 1.45. The van der Waals surface area contributed by atoms with E-state index in [0.29, 0.717) is 6.54 Å². The van der Waals surface area contributed by atoms with Crippen LogP contribution >= 0.6 is 0 Å². The maximum atomic E-state index is 5.86. The molecular weight excluding hydrogens is 174 g/mol. The molecule has 0 aliphatic carbocycles. The summed E-state index contributed by atoms with van der Waals surface area (Å²) in [6, 6.07) is 7.97. The summed E-state index contributed by atoms with van der Waals surface area (Å²) in [7, 11) is 0. The zero-order valence-corrected chi connectivity index (χ0v) is 8.74. The molecule has 0 amide bonds. The molecular formula is C11H19N3. The van der Waals surface area contributed by atoms with Crippen molar-refractivity contribution < 1.29 is 0 Å². The van der Waals surface area contributed by atoms with Crippen LogP contribution in [0.1, 0.15) is 12.5 Å². The van der Waals surface area contributed by atoms with Gasteiger partial charge in [0.05, 0.1) is 0 Å². The summed E-state index contributed by atoms with van der Waals surface area (Å²) in [4.78, 5) is 2.28. The lowest BCUT2D eigenvalue weighted by molar-refractivity contribution is 0.288. The fourth-order valence-electron chi connectivity index (χ4n) is 1.45. The predicted molar refractivity (Wildman–Crippen MR) is 60.9 cm³/mol. The standard InChI is InChI=1S/C11H19N3/c1-2-14(8-7-12)9-10-5-3-4-6-11(10)13/h3-6H,2,7-9,12-13H2,1H3. The zero-order chi connectivity index (χ0) is 10.4. The highest BCUT2D eigenvalue weighted by Crippen LogP contribution is 2.12. The number of hydrogen-bond donors (Lipinski definition) is 2. The molecule has 3 heteroatoms. The number of hydrogen-bond acceptors (Lipinski definition) is 3. The van der Waals surface area contributed by atoms with Gasteiger partial charge in [0.15, 0.2) is 0 Å². The molecule has 0 saturated carbocycles. The Hall–Kier alpha value is -1.06. The third kappa shape index (κ3) is 3.01. The van der Waals surface area contributed by atoms with E-state index in [0.717, 1.165) is 25.3 Å². The number of rotatable bonds is 5. The summed E-state index contributed by atoms with van der Waals surface area (Å²) in [5, 5.41) is 0. The number of anilines is 1. The second-order valence-electron chi connectivity index (χ2n) is 3.36. The summed E-state index contributed by atoms with van der Waals surface area (Å²) < 4.78 is 0. The summed E-state index contributed by atoms with van der Waals surface area (Å²) >= 11 is 0. The lowest BCUT2D eigenvalue weighted by atomic mass is 10.1. The molecule has 14 heavy (non-hydrogen) atoms. The molecule has 1 aromatic rings. The number of nitrogen functional groups attached to an aromatic ring is 1. The van der Waals surface area contributed by atoms with Crippen LogP contribution in [0.4, 0.5) is 5.69 Å². The molecule has 78 valence electrons. The minimum absolute atomic E-state index is 0.695. The van der Waals surface area contributed by atoms with Gasteiger partial charge in [-0.15, -0.1) is 0 Å². The van der Waals surface area contributed by atoms with Gasteiger partial charge in [0, 0.05) is 25.3 Å². The Morgan fingerprint density at radius 3 is 2.57 bits per heavy atom. The Balaban J connectivity index is 2.62. The van der Waals surface area contributed by atoms with E-state index in [1.807, 2.05) is 18.2 Å². The van der Waals surface area contributed by atoms with Gasteiger partial charge in [-0.2, -0.15) is 0 Å². The topological polar surface area (TPSA) is 55.3 Å². The summed E-state index contributed by atoms with van der Waals surface area (Å²) in [6.45, 7) is 5.64. The Morgan fingerprint density at radius 1 is 1.29 bits per heavy atom. The highest BCUT2D eigenvalue weighted by molar-refractivity contribution is 5.46. The average Bonchev–Trinajstić information content (AvgIpc) is 2.20. The fraction of sp³-hybridized carbons (Fsp3) is 0.455. The largest absolute Gasteiger partial charge is 0.398 e. The van der Waals surface area contributed by atoms with E-state index in [-0.39, 0.29) is 0 Å². The monoisotopic (exact) mass is 193 g/mol. The van der Waals surface area contributed by atoms with Crippen molar-refractivity contribution in [3.05, 3.63) is 29.8 Å². The first-order chi connectivity index (χ1) is 6.77. The zero-order valence-electron chi connectivity index (χ0n) is 8.74. The minimum atomic E-state index is 0.695. The van der Waals surface area contributed by atoms with Gasteiger partial charge in [0.2, 0.25) is 0 Å². The molecule has 0 atom stereocenters. The molecule has 0 unspecified atom stereocenters. The molecule has 0 heterocycles. The van der Waals surface area contributed by atoms with E-state index in [1.165, 1.54) is 5.56 Å². The highest BCUT2D eigenvalue weighted by atomic mass is 15.1. The van der Waals surface area contributed by atoms with Crippen molar-refractivity contribution in [1.29, 1.82) is 0 Å². The van der Waals surface area contributed by atoms with Crippen LogP contribution in [0.3, 0.4) is 0 Å². The highest BCUT2D eigenvalue weighted by Gasteiger charge is 2.04. The van der Waals surface area contributed by atoms with E-state index in [2.05, 4.69) is 17.9 Å². The van der Waals surface area contributed by atoms with Gasteiger partial charge in [-0.05, 0) is 18.2 Å². The SMILES string of the molecule is CCN(CCN)Cc1ccccc1N. The molecule has 0 spiro atoms. The van der Waals surface area contributed by atoms with Gasteiger partial charge in [0.1, 0.15) is 0 Å². The first-order valence-corrected chi connectivity index (χ1v) is 5.03. The van der Waals surface area contributed by atoms with Gasteiger partial charge >= 0.3 is 0 Å². The molecule has 0 bridgehead atoms. The normalized spacial score (nSPS) is 10.8. The molecule has 3 nitrogen and oxygen atoms in total. The first-order valence-electron chi connectivity index (χ1n) is 5.03. The molecule has 1 aromatic carbocycles. The van der Waals surface area contributed by atoms with Crippen LogP contribution in [0, 0.1) is 0 Å². The van der Waals surface area contributed by atoms with E-state index in [9.17, 15) is 0 Å². The number of benzene rings is 1. The maximum Gasteiger partial charge on any atom is 0.0359 e. The van der Waals surface area contributed by atoms with Gasteiger partial charge in [-0.3, -0.25) is 4.90 Å². The predicted octanol–water partition coefficient (Wildman–Crippen LogP) is 1.05. The molecule has 1 rings (SSSR count). The summed E-state index contributed by atoms with van der Waals surface area (Å²) in [6.07, 6.45) is 0. The Kier molecular flexibility index (Phi) is 4.43. The smallest absolute Gasteiger partial charge is 0.0359 e. The van der Waals surface area contributed by atoms with Crippen LogP contribution in [0.5, 0.6) is 0 Å². The second-order valence-corrected chi connectivity index (χ2v) is 3.36. The number of likely N-dealkylation sites (N-methyl/N-ethyl adjacent to an activating group) is 1. The van der Waals surface area contributed by atoms with Crippen molar-refractivity contribution in [2.75, 3.05) is 25.4 Å². The van der Waals surface area contributed by atoms with E-state index in [1.54, 1.807) is 0 Å². The third-order valence-electron chi connectivity index (χ3n) is 2.34. The molecule has 4 N–H and O–H groups in total. The Labute approximate surface area is 85.7 Å². The summed E-state index contributed by atoms with van der Waals surface area (Å²) in [5.74, 6) is 0. The quantitative estimate of drug-likeness (QED) is 0.687. The van der Waals surface area contributed by atoms with Crippen molar-refractivity contribution >= 4 is 5.69 Å². The average molecular weight is 193 g/mol. The van der Waals surface area contributed by atoms with E-state index >= 15 is 0 Å². The van der Waals surface area contributed by atoms with Crippen LogP contribution in [-0.4, -0.2) is 24.5 Å². The van der Waals surface area contributed by atoms with Crippen LogP contribution in [0.25, 0.3) is 0 Å². The second kappa shape index (κ2) is 5.62. The van der Waals surface area contributed by atoms with Crippen LogP contribution < -0.4 is 11.5 Å². The number of para-hydroxylation sites is 1.